The van der Waals surface area contributed by atoms with Crippen LogP contribution in [-0.2, 0) is 4.79 Å². The molecule has 6 heteroatoms. The van der Waals surface area contributed by atoms with Crippen LogP contribution in [0.15, 0.2) is 22.7 Å². The first-order valence-electron chi connectivity index (χ1n) is 6.43. The van der Waals surface area contributed by atoms with Crippen LogP contribution >= 0.6 is 15.9 Å². The molecule has 2 rings (SSSR count). The van der Waals surface area contributed by atoms with Crippen LogP contribution in [0.5, 0.6) is 5.75 Å². The number of ether oxygens (including phenoxy) is 1. The third-order valence-electron chi connectivity index (χ3n) is 3.66. The molecule has 4 nitrogen and oxygen atoms in total. The van der Waals surface area contributed by atoms with Gasteiger partial charge in [-0.1, -0.05) is 0 Å². The van der Waals surface area contributed by atoms with Crippen molar-refractivity contribution < 1.29 is 24.1 Å². The molecule has 0 bridgehead atoms. The number of carboxylic acid groups (broad SMARTS) is 1. The number of rotatable bonds is 4. The van der Waals surface area contributed by atoms with Crippen LogP contribution in [0.3, 0.4) is 0 Å². The fourth-order valence-electron chi connectivity index (χ4n) is 2.33. The smallest absolute Gasteiger partial charge is 0.306 e. The first-order chi connectivity index (χ1) is 9.39. The molecule has 0 aromatic heterocycles. The van der Waals surface area contributed by atoms with Crippen molar-refractivity contribution >= 4 is 21.9 Å². The Hall–Kier alpha value is -1.14. The number of hydrogen-bond acceptors (Lipinski definition) is 3. The summed E-state index contributed by atoms with van der Waals surface area (Å²) in [5.74, 6) is -1.29. The first-order valence-corrected chi connectivity index (χ1v) is 7.22. The van der Waals surface area contributed by atoms with Crippen LogP contribution in [0.4, 0.5) is 4.39 Å². The van der Waals surface area contributed by atoms with Gasteiger partial charge in [-0.3, -0.25) is 4.79 Å². The topological polar surface area (TPSA) is 66.8 Å². The highest BCUT2D eigenvalue weighted by Gasteiger charge is 2.36. The normalized spacial score (nSPS) is 26.2. The minimum atomic E-state index is -1.03. The zero-order valence-electron chi connectivity index (χ0n) is 10.8. The van der Waals surface area contributed by atoms with Gasteiger partial charge in [0.2, 0.25) is 0 Å². The molecule has 0 amide bonds. The Labute approximate surface area is 124 Å². The number of aliphatic hydroxyl groups is 1. The second-order valence-electron chi connectivity index (χ2n) is 5.20. The van der Waals surface area contributed by atoms with E-state index in [4.69, 9.17) is 9.84 Å². The van der Waals surface area contributed by atoms with Gasteiger partial charge in [-0.15, -0.1) is 0 Å². The average Bonchev–Trinajstić information content (AvgIpc) is 2.41. The molecule has 2 N–H and O–H groups in total. The molecule has 0 spiro atoms. The number of halogens is 2. The van der Waals surface area contributed by atoms with E-state index >= 15 is 0 Å². The molecular formula is C14H16BrFO4. The number of hydrogen-bond donors (Lipinski definition) is 2. The maximum Gasteiger partial charge on any atom is 0.306 e. The maximum absolute atomic E-state index is 13.3. The zero-order valence-corrected chi connectivity index (χ0v) is 12.4. The van der Waals surface area contributed by atoms with E-state index in [9.17, 15) is 14.3 Å². The van der Waals surface area contributed by atoms with Gasteiger partial charge in [-0.05, 0) is 53.7 Å². The van der Waals surface area contributed by atoms with Crippen molar-refractivity contribution in [3.63, 3.8) is 0 Å². The Morgan fingerprint density at radius 1 is 1.45 bits per heavy atom. The van der Waals surface area contributed by atoms with Gasteiger partial charge in [0.1, 0.15) is 18.2 Å². The summed E-state index contributed by atoms with van der Waals surface area (Å²) >= 11 is 3.05. The van der Waals surface area contributed by atoms with Gasteiger partial charge >= 0.3 is 5.97 Å². The standard InChI is InChI=1S/C14H16BrFO4/c15-11-2-1-10(7-12(11)16)20-8-14(19)5-3-9(4-6-14)13(17)18/h1-2,7,9,19H,3-6,8H2,(H,17,18). The lowest BCUT2D eigenvalue weighted by Crippen LogP contribution is -2.41. The van der Waals surface area contributed by atoms with E-state index in [-0.39, 0.29) is 12.5 Å². The quantitative estimate of drug-likeness (QED) is 0.879. The van der Waals surface area contributed by atoms with E-state index in [2.05, 4.69) is 15.9 Å². The van der Waals surface area contributed by atoms with Gasteiger partial charge in [0.05, 0.1) is 16.0 Å². The van der Waals surface area contributed by atoms with Crippen LogP contribution in [-0.4, -0.2) is 28.4 Å². The molecule has 110 valence electrons. The number of carbonyl (C=O) groups is 1. The second-order valence-corrected chi connectivity index (χ2v) is 6.06. The number of carboxylic acids is 1. The Balaban J connectivity index is 1.90. The van der Waals surface area contributed by atoms with Crippen molar-refractivity contribution in [2.75, 3.05) is 6.61 Å². The highest BCUT2D eigenvalue weighted by Crippen LogP contribution is 2.33. The maximum atomic E-state index is 13.3. The van der Waals surface area contributed by atoms with E-state index in [1.807, 2.05) is 0 Å². The molecular weight excluding hydrogens is 331 g/mol. The summed E-state index contributed by atoms with van der Waals surface area (Å²) in [5.41, 5.74) is -1.03. The molecule has 0 atom stereocenters. The van der Waals surface area contributed by atoms with E-state index in [1.165, 1.54) is 12.1 Å². The fourth-order valence-corrected chi connectivity index (χ4v) is 2.58. The highest BCUT2D eigenvalue weighted by atomic mass is 79.9. The predicted molar refractivity (Wildman–Crippen MR) is 74.1 cm³/mol. The molecule has 0 saturated heterocycles. The van der Waals surface area contributed by atoms with Crippen molar-refractivity contribution in [2.24, 2.45) is 5.92 Å². The predicted octanol–water partition coefficient (Wildman–Crippen LogP) is 2.97. The Kier molecular flexibility index (Phi) is 4.65. The van der Waals surface area contributed by atoms with Crippen molar-refractivity contribution in [3.8, 4) is 5.75 Å². The summed E-state index contributed by atoms with van der Waals surface area (Å²) in [6.45, 7) is 0.0421. The van der Waals surface area contributed by atoms with Crippen LogP contribution in [0.2, 0.25) is 0 Å². The summed E-state index contributed by atoms with van der Waals surface area (Å²) in [4.78, 5) is 10.9. The van der Waals surface area contributed by atoms with Gasteiger partial charge in [-0.25, -0.2) is 4.39 Å². The fraction of sp³-hybridized carbons (Fsp3) is 0.500. The van der Waals surface area contributed by atoms with Gasteiger partial charge in [0.15, 0.2) is 0 Å². The summed E-state index contributed by atoms with van der Waals surface area (Å²) in [6.07, 6.45) is 1.62. The average molecular weight is 347 g/mol. The van der Waals surface area contributed by atoms with E-state index in [0.717, 1.165) is 0 Å². The Bertz CT molecular complexity index is 498. The zero-order chi connectivity index (χ0) is 14.8. The summed E-state index contributed by atoms with van der Waals surface area (Å²) in [7, 11) is 0. The van der Waals surface area contributed by atoms with Crippen molar-refractivity contribution in [1.82, 2.24) is 0 Å². The lowest BCUT2D eigenvalue weighted by molar-refractivity contribution is -0.145. The monoisotopic (exact) mass is 346 g/mol. The first kappa shape index (κ1) is 15.3. The molecule has 0 aliphatic heterocycles. The van der Waals surface area contributed by atoms with Crippen molar-refractivity contribution in [3.05, 3.63) is 28.5 Å². The third kappa shape index (κ3) is 3.70. The molecule has 1 aromatic rings. The minimum Gasteiger partial charge on any atom is -0.490 e. The van der Waals surface area contributed by atoms with Gasteiger partial charge in [0, 0.05) is 6.07 Å². The summed E-state index contributed by atoms with van der Waals surface area (Å²) < 4.78 is 19.1. The summed E-state index contributed by atoms with van der Waals surface area (Å²) in [5, 5.41) is 19.2. The van der Waals surface area contributed by atoms with Crippen LogP contribution in [0, 0.1) is 11.7 Å². The lowest BCUT2D eigenvalue weighted by atomic mass is 9.79. The second kappa shape index (κ2) is 6.10. The minimum absolute atomic E-state index is 0.0421. The Morgan fingerprint density at radius 2 is 2.10 bits per heavy atom. The number of aliphatic carboxylic acids is 1. The largest absolute Gasteiger partial charge is 0.490 e. The van der Waals surface area contributed by atoms with Gasteiger partial charge in [-0.2, -0.15) is 0 Å². The summed E-state index contributed by atoms with van der Waals surface area (Å²) in [6, 6.07) is 4.39. The molecule has 0 heterocycles. The molecule has 1 aliphatic carbocycles. The van der Waals surface area contributed by atoms with Gasteiger partial charge < -0.3 is 14.9 Å². The molecule has 0 unspecified atom stereocenters. The van der Waals surface area contributed by atoms with E-state index < -0.39 is 17.4 Å². The van der Waals surface area contributed by atoms with E-state index in [0.29, 0.717) is 35.9 Å². The third-order valence-corrected chi connectivity index (χ3v) is 4.31. The molecule has 1 fully saturated rings. The lowest BCUT2D eigenvalue weighted by Gasteiger charge is -2.34. The Morgan fingerprint density at radius 3 is 2.65 bits per heavy atom. The SMILES string of the molecule is O=C(O)C1CCC(O)(COc2ccc(Br)c(F)c2)CC1. The molecule has 20 heavy (non-hydrogen) atoms. The molecule has 1 saturated carbocycles. The van der Waals surface area contributed by atoms with Gasteiger partial charge in [0.25, 0.3) is 0 Å². The number of benzene rings is 1. The highest BCUT2D eigenvalue weighted by molar-refractivity contribution is 9.10. The van der Waals surface area contributed by atoms with Crippen LogP contribution < -0.4 is 4.74 Å². The van der Waals surface area contributed by atoms with Crippen molar-refractivity contribution in [1.29, 1.82) is 0 Å². The molecule has 0 radical (unpaired) electrons. The molecule has 1 aromatic carbocycles. The van der Waals surface area contributed by atoms with Crippen LogP contribution in [0.1, 0.15) is 25.7 Å². The molecule has 1 aliphatic rings. The van der Waals surface area contributed by atoms with Crippen molar-refractivity contribution in [2.45, 2.75) is 31.3 Å². The van der Waals surface area contributed by atoms with E-state index in [1.54, 1.807) is 6.07 Å². The van der Waals surface area contributed by atoms with Crippen LogP contribution in [0.25, 0.3) is 0 Å².